The van der Waals surface area contributed by atoms with E-state index in [9.17, 15) is 9.90 Å². The number of carbonyl (C=O) groups is 1. The molecule has 4 N–H and O–H groups in total. The van der Waals surface area contributed by atoms with Crippen LogP contribution in [0.25, 0.3) is 27.8 Å². The first-order chi connectivity index (χ1) is 18.0. The van der Waals surface area contributed by atoms with Gasteiger partial charge in [0.1, 0.15) is 19.4 Å². The Hall–Kier alpha value is -5.05. The molecule has 0 atom stereocenters. The molecule has 0 aliphatic carbocycles. The molecule has 2 radical (unpaired) electrons. The van der Waals surface area contributed by atoms with Crippen LogP contribution in [-0.4, -0.2) is 38.4 Å². The van der Waals surface area contributed by atoms with Gasteiger partial charge in [-0.1, -0.05) is 24.3 Å². The van der Waals surface area contributed by atoms with Crippen LogP contribution in [0.4, 0.5) is 11.5 Å². The molecule has 9 heteroatoms. The molecule has 6 aromatic rings. The van der Waals surface area contributed by atoms with Gasteiger partial charge in [0, 0.05) is 52.7 Å². The Labute approximate surface area is 213 Å². The van der Waals surface area contributed by atoms with Gasteiger partial charge < -0.3 is 20.7 Å². The molecule has 0 saturated carbocycles. The Kier molecular flexibility index (Phi) is 5.57. The molecule has 8 nitrogen and oxygen atoms in total. The number of rotatable bonds is 6. The van der Waals surface area contributed by atoms with Crippen molar-refractivity contribution in [2.45, 2.75) is 6.54 Å². The van der Waals surface area contributed by atoms with Crippen LogP contribution >= 0.6 is 0 Å². The Morgan fingerprint density at radius 3 is 2.81 bits per heavy atom. The normalized spacial score (nSPS) is 11.1. The van der Waals surface area contributed by atoms with Gasteiger partial charge in [0.15, 0.2) is 5.65 Å². The Balaban J connectivity index is 1.23. The maximum absolute atomic E-state index is 12.8. The molecule has 0 aliphatic heterocycles. The van der Waals surface area contributed by atoms with Gasteiger partial charge in [-0.25, -0.2) is 4.98 Å². The van der Waals surface area contributed by atoms with Gasteiger partial charge in [0.2, 0.25) is 0 Å². The molecule has 0 unspecified atom stereocenters. The number of amides is 1. The van der Waals surface area contributed by atoms with E-state index in [-0.39, 0.29) is 11.7 Å². The molecule has 0 fully saturated rings. The lowest BCUT2D eigenvalue weighted by Gasteiger charge is -2.13. The zero-order valence-corrected chi connectivity index (χ0v) is 19.6. The van der Waals surface area contributed by atoms with Crippen molar-refractivity contribution in [3.05, 3.63) is 102 Å². The number of hydrogen-bond donors (Lipinski definition) is 4. The van der Waals surface area contributed by atoms with Crippen molar-refractivity contribution >= 4 is 47.3 Å². The first kappa shape index (κ1) is 22.4. The molecule has 0 spiro atoms. The molecule has 3 heterocycles. The summed E-state index contributed by atoms with van der Waals surface area (Å²) in [5.41, 5.74) is 5.30. The molecule has 6 rings (SSSR count). The number of hydrogen-bond acceptors (Lipinski definition) is 5. The van der Waals surface area contributed by atoms with Crippen molar-refractivity contribution in [2.75, 3.05) is 10.6 Å². The number of aromatic hydroxyl groups is 1. The van der Waals surface area contributed by atoms with E-state index in [4.69, 9.17) is 7.85 Å². The van der Waals surface area contributed by atoms with Crippen LogP contribution in [0.1, 0.15) is 15.9 Å². The number of aromatic nitrogens is 4. The number of benzene rings is 3. The predicted molar refractivity (Wildman–Crippen MR) is 145 cm³/mol. The lowest BCUT2D eigenvalue weighted by Crippen LogP contribution is -2.12. The molecule has 3 aromatic heterocycles. The fraction of sp³-hybridized carbons (Fsp3) is 0.0357. The third-order valence-electron chi connectivity index (χ3n) is 6.15. The molecule has 0 saturated heterocycles. The number of phenols is 1. The summed E-state index contributed by atoms with van der Waals surface area (Å²) < 4.78 is 1.63. The van der Waals surface area contributed by atoms with Crippen LogP contribution in [0.2, 0.25) is 0 Å². The van der Waals surface area contributed by atoms with E-state index in [1.165, 1.54) is 0 Å². The quantitative estimate of drug-likeness (QED) is 0.265. The number of aromatic amines is 1. The maximum atomic E-state index is 12.8. The molecular formula is C28H21BN6O2. The highest BCUT2D eigenvalue weighted by Crippen LogP contribution is 2.29. The van der Waals surface area contributed by atoms with Crippen LogP contribution in [0.3, 0.4) is 0 Å². The van der Waals surface area contributed by atoms with E-state index in [0.717, 1.165) is 16.5 Å². The Morgan fingerprint density at radius 1 is 1.03 bits per heavy atom. The third-order valence-corrected chi connectivity index (χ3v) is 6.15. The number of carbonyl (C=O) groups excluding carboxylic acids is 1. The zero-order valence-electron chi connectivity index (χ0n) is 19.6. The number of nitrogens with zero attached hydrogens (tertiary/aromatic N) is 3. The first-order valence-electron chi connectivity index (χ1n) is 11.7. The lowest BCUT2D eigenvalue weighted by atomic mass is 10.0. The molecule has 1 amide bonds. The van der Waals surface area contributed by atoms with E-state index in [0.29, 0.717) is 46.0 Å². The SMILES string of the molecule is [B]c1cnn2c(NCc3cccc(NC(=O)c4ccc5[nH]ccc5c4)c3)cc(-c3ccccc3O)nc12. The molecule has 3 aromatic carbocycles. The fourth-order valence-electron chi connectivity index (χ4n) is 4.28. The summed E-state index contributed by atoms with van der Waals surface area (Å²) in [5.74, 6) is 0.611. The number of phenolic OH excluding ortho intramolecular Hbond substituents is 1. The summed E-state index contributed by atoms with van der Waals surface area (Å²) in [4.78, 5) is 20.6. The van der Waals surface area contributed by atoms with Gasteiger partial charge in [-0.2, -0.15) is 9.61 Å². The largest absolute Gasteiger partial charge is 0.507 e. The monoisotopic (exact) mass is 484 g/mol. The van der Waals surface area contributed by atoms with Gasteiger partial charge in [-0.3, -0.25) is 4.79 Å². The molecule has 37 heavy (non-hydrogen) atoms. The van der Waals surface area contributed by atoms with Crippen molar-refractivity contribution in [2.24, 2.45) is 0 Å². The van der Waals surface area contributed by atoms with Crippen molar-refractivity contribution in [3.8, 4) is 17.0 Å². The highest BCUT2D eigenvalue weighted by molar-refractivity contribution is 6.36. The lowest BCUT2D eigenvalue weighted by molar-refractivity contribution is 0.102. The third kappa shape index (κ3) is 4.38. The summed E-state index contributed by atoms with van der Waals surface area (Å²) in [6, 6.07) is 23.9. The van der Waals surface area contributed by atoms with E-state index < -0.39 is 0 Å². The van der Waals surface area contributed by atoms with Crippen LogP contribution in [0.5, 0.6) is 5.75 Å². The van der Waals surface area contributed by atoms with Gasteiger partial charge in [0.05, 0.1) is 5.69 Å². The van der Waals surface area contributed by atoms with E-state index >= 15 is 0 Å². The summed E-state index contributed by atoms with van der Waals surface area (Å²) in [5, 5.41) is 22.0. The van der Waals surface area contributed by atoms with Crippen LogP contribution in [0, 0.1) is 0 Å². The van der Waals surface area contributed by atoms with Crippen molar-refractivity contribution in [1.82, 2.24) is 19.6 Å². The predicted octanol–water partition coefficient (Wildman–Crippen LogP) is 4.24. The van der Waals surface area contributed by atoms with Gasteiger partial charge in [0.25, 0.3) is 5.91 Å². The van der Waals surface area contributed by atoms with E-state index in [1.54, 1.807) is 35.0 Å². The van der Waals surface area contributed by atoms with Crippen molar-refractivity contribution in [1.29, 1.82) is 0 Å². The average molecular weight is 484 g/mol. The van der Waals surface area contributed by atoms with E-state index in [2.05, 4.69) is 25.7 Å². The second kappa shape index (κ2) is 9.20. The van der Waals surface area contributed by atoms with Gasteiger partial charge >= 0.3 is 0 Å². The topological polar surface area (TPSA) is 107 Å². The summed E-state index contributed by atoms with van der Waals surface area (Å²) in [6.07, 6.45) is 3.39. The average Bonchev–Trinajstić information content (AvgIpc) is 3.54. The fourth-order valence-corrected chi connectivity index (χ4v) is 4.28. The van der Waals surface area contributed by atoms with Gasteiger partial charge in [-0.05, 0) is 59.6 Å². The van der Waals surface area contributed by atoms with Crippen LogP contribution in [-0.2, 0) is 6.54 Å². The number of H-pyrrole nitrogens is 1. The van der Waals surface area contributed by atoms with Crippen molar-refractivity contribution in [3.63, 3.8) is 0 Å². The number of anilines is 2. The second-order valence-corrected chi connectivity index (χ2v) is 8.67. The highest BCUT2D eigenvalue weighted by atomic mass is 16.3. The first-order valence-corrected chi connectivity index (χ1v) is 11.7. The number of para-hydroxylation sites is 1. The molecular weight excluding hydrogens is 463 g/mol. The minimum atomic E-state index is -0.177. The standard InChI is InChI=1S/C28H21BN6O2/c29-22-16-32-35-26(14-24(34-27(22)35)21-6-1-2-7-25(21)36)31-15-17-4-3-5-20(12-17)33-28(37)19-8-9-23-18(13-19)10-11-30-23/h1-14,16,30-31,36H,15H2,(H,33,37). The number of fused-ring (bicyclic) bond motifs is 2. The smallest absolute Gasteiger partial charge is 0.255 e. The van der Waals surface area contributed by atoms with Crippen LogP contribution < -0.4 is 16.1 Å². The molecule has 0 bridgehead atoms. The minimum absolute atomic E-state index is 0.127. The second-order valence-electron chi connectivity index (χ2n) is 8.67. The summed E-state index contributed by atoms with van der Waals surface area (Å²) in [7, 11) is 6.10. The van der Waals surface area contributed by atoms with Crippen molar-refractivity contribution < 1.29 is 9.90 Å². The minimum Gasteiger partial charge on any atom is -0.507 e. The number of nitrogens with one attached hydrogen (secondary N) is 3. The Morgan fingerprint density at radius 2 is 1.92 bits per heavy atom. The maximum Gasteiger partial charge on any atom is 0.255 e. The molecule has 178 valence electrons. The highest BCUT2D eigenvalue weighted by Gasteiger charge is 2.13. The zero-order chi connectivity index (χ0) is 25.4. The summed E-state index contributed by atoms with van der Waals surface area (Å²) >= 11 is 0. The summed E-state index contributed by atoms with van der Waals surface area (Å²) in [6.45, 7) is 0.456. The van der Waals surface area contributed by atoms with Gasteiger partial charge in [-0.15, -0.1) is 0 Å². The Bertz CT molecular complexity index is 1770. The molecule has 0 aliphatic rings. The van der Waals surface area contributed by atoms with Crippen LogP contribution in [0.15, 0.2) is 91.3 Å². The van der Waals surface area contributed by atoms with E-state index in [1.807, 2.05) is 60.8 Å².